The first kappa shape index (κ1) is 16.3. The van der Waals surface area contributed by atoms with Gasteiger partial charge in [0.25, 0.3) is 0 Å². The number of rotatable bonds is 3. The van der Waals surface area contributed by atoms with Crippen molar-refractivity contribution in [3.63, 3.8) is 0 Å². The van der Waals surface area contributed by atoms with Gasteiger partial charge in [0.05, 0.1) is 24.7 Å². The molecule has 0 N–H and O–H groups in total. The molecule has 0 aromatic heterocycles. The Kier molecular flexibility index (Phi) is 4.37. The Morgan fingerprint density at radius 2 is 2.22 bits per heavy atom. The van der Waals surface area contributed by atoms with Crippen molar-refractivity contribution in [1.29, 1.82) is 0 Å². The zero-order valence-electron chi connectivity index (χ0n) is 12.9. The van der Waals surface area contributed by atoms with Crippen LogP contribution in [0.4, 0.5) is 5.69 Å². The van der Waals surface area contributed by atoms with Crippen molar-refractivity contribution < 1.29 is 17.9 Å². The van der Waals surface area contributed by atoms with Crippen molar-refractivity contribution in [1.82, 2.24) is 0 Å². The molecule has 0 radical (unpaired) electrons. The topological polar surface area (TPSA) is 76.0 Å². The third kappa shape index (κ3) is 3.23. The Morgan fingerprint density at radius 3 is 2.91 bits per heavy atom. The van der Waals surface area contributed by atoms with Gasteiger partial charge < -0.3 is 9.64 Å². The van der Waals surface area contributed by atoms with Crippen LogP contribution in [-0.2, 0) is 14.6 Å². The summed E-state index contributed by atoms with van der Waals surface area (Å²) >= 11 is 1.38. The van der Waals surface area contributed by atoms with Gasteiger partial charge in [0, 0.05) is 23.4 Å². The molecule has 0 bridgehead atoms. The highest BCUT2D eigenvalue weighted by Gasteiger charge is 2.49. The third-order valence-electron chi connectivity index (χ3n) is 3.92. The summed E-state index contributed by atoms with van der Waals surface area (Å²) in [5.74, 6) is 0.685. The Bertz CT molecular complexity index is 760. The summed E-state index contributed by atoms with van der Waals surface area (Å²) in [4.78, 5) is 17.8. The number of hydrogen-bond acceptors (Lipinski definition) is 5. The average molecular weight is 354 g/mol. The first-order valence-corrected chi connectivity index (χ1v) is 10.1. The monoisotopic (exact) mass is 354 g/mol. The van der Waals surface area contributed by atoms with Gasteiger partial charge in [-0.1, -0.05) is 24.8 Å². The van der Waals surface area contributed by atoms with E-state index in [1.54, 1.807) is 14.0 Å². The molecule has 2 aliphatic rings. The van der Waals surface area contributed by atoms with Crippen molar-refractivity contribution in [2.45, 2.75) is 24.6 Å². The molecular formula is C15H18N2O4S2. The molecule has 1 aromatic carbocycles. The highest BCUT2D eigenvalue weighted by molar-refractivity contribution is 8.16. The first-order chi connectivity index (χ1) is 10.9. The summed E-state index contributed by atoms with van der Waals surface area (Å²) < 4.78 is 29.2. The van der Waals surface area contributed by atoms with Gasteiger partial charge >= 0.3 is 0 Å². The lowest BCUT2D eigenvalue weighted by Crippen LogP contribution is -2.37. The highest BCUT2D eigenvalue weighted by Crippen LogP contribution is 2.41. The number of carbonyl (C=O) groups excluding carboxylic acids is 1. The Balaban J connectivity index is 2.02. The van der Waals surface area contributed by atoms with Gasteiger partial charge in [0.15, 0.2) is 15.0 Å². The van der Waals surface area contributed by atoms with Gasteiger partial charge in [0.2, 0.25) is 5.91 Å². The molecule has 2 heterocycles. The molecule has 23 heavy (non-hydrogen) atoms. The predicted octanol–water partition coefficient (Wildman–Crippen LogP) is 1.71. The van der Waals surface area contributed by atoms with Crippen molar-refractivity contribution >= 4 is 38.4 Å². The minimum atomic E-state index is -3.05. The van der Waals surface area contributed by atoms with E-state index in [1.165, 1.54) is 11.8 Å². The molecule has 0 spiro atoms. The van der Waals surface area contributed by atoms with Crippen molar-refractivity contribution in [2.24, 2.45) is 4.99 Å². The largest absolute Gasteiger partial charge is 0.497 e. The van der Waals surface area contributed by atoms with E-state index >= 15 is 0 Å². The number of fused-ring (bicyclic) bond motifs is 1. The molecule has 2 atom stereocenters. The number of amides is 1. The van der Waals surface area contributed by atoms with Crippen molar-refractivity contribution in [3.8, 4) is 5.75 Å². The van der Waals surface area contributed by atoms with Crippen molar-refractivity contribution in [2.75, 3.05) is 23.5 Å². The molecule has 124 valence electrons. The van der Waals surface area contributed by atoms with E-state index in [4.69, 9.17) is 4.74 Å². The van der Waals surface area contributed by atoms with Gasteiger partial charge in [-0.3, -0.25) is 4.79 Å². The molecule has 1 amide bonds. The predicted molar refractivity (Wildman–Crippen MR) is 92.0 cm³/mol. The minimum Gasteiger partial charge on any atom is -0.497 e. The molecule has 2 aliphatic heterocycles. The molecule has 8 heteroatoms. The number of benzene rings is 1. The second kappa shape index (κ2) is 6.16. The minimum absolute atomic E-state index is 0.0845. The molecule has 1 aromatic rings. The van der Waals surface area contributed by atoms with Gasteiger partial charge in [-0.2, -0.15) is 4.99 Å². The molecule has 2 fully saturated rings. The second-order valence-electron chi connectivity index (χ2n) is 5.51. The number of thioether (sulfide) groups is 1. The lowest BCUT2D eigenvalue weighted by atomic mass is 10.2. The highest BCUT2D eigenvalue weighted by atomic mass is 32.2. The summed E-state index contributed by atoms with van der Waals surface area (Å²) in [6, 6.07) is 7.18. The van der Waals surface area contributed by atoms with Crippen LogP contribution in [0.2, 0.25) is 0 Å². The lowest BCUT2D eigenvalue weighted by molar-refractivity contribution is -0.117. The van der Waals surface area contributed by atoms with Crippen molar-refractivity contribution in [3.05, 3.63) is 24.3 Å². The number of amidine groups is 1. The van der Waals surface area contributed by atoms with Crippen LogP contribution < -0.4 is 9.64 Å². The van der Waals surface area contributed by atoms with Crippen LogP contribution in [0.5, 0.6) is 5.75 Å². The van der Waals surface area contributed by atoms with Crippen LogP contribution in [-0.4, -0.2) is 49.4 Å². The smallest absolute Gasteiger partial charge is 0.247 e. The lowest BCUT2D eigenvalue weighted by Gasteiger charge is -2.24. The van der Waals surface area contributed by atoms with Crippen LogP contribution in [0.1, 0.15) is 13.3 Å². The zero-order valence-corrected chi connectivity index (χ0v) is 14.6. The summed E-state index contributed by atoms with van der Waals surface area (Å²) in [5.41, 5.74) is 0.795. The first-order valence-electron chi connectivity index (χ1n) is 7.35. The number of anilines is 1. The van der Waals surface area contributed by atoms with Crippen LogP contribution in [0.15, 0.2) is 29.3 Å². The van der Waals surface area contributed by atoms with E-state index in [0.29, 0.717) is 17.3 Å². The molecule has 2 saturated heterocycles. The summed E-state index contributed by atoms with van der Waals surface area (Å²) in [7, 11) is -1.47. The SMILES string of the molecule is CCC(=O)N=C1S[C@H]2CS(=O)(=O)C[C@@H]2N1c1cccc(OC)c1. The van der Waals surface area contributed by atoms with Crippen LogP contribution in [0, 0.1) is 0 Å². The molecule has 6 nitrogen and oxygen atoms in total. The standard InChI is InChI=1S/C15H18N2O4S2/c1-3-14(18)16-15-17(10-5-4-6-11(7-10)21-2)12-8-23(19,20)9-13(12)22-15/h4-7,12-13H,3,8-9H2,1-2H3/t12-,13-/m0/s1. The molecule has 3 rings (SSSR count). The van der Waals surface area contributed by atoms with E-state index < -0.39 is 9.84 Å². The molecule has 0 aliphatic carbocycles. The number of carbonyl (C=O) groups is 1. The van der Waals surface area contributed by atoms with E-state index in [2.05, 4.69) is 4.99 Å². The Hall–Kier alpha value is -1.54. The summed E-state index contributed by atoms with van der Waals surface area (Å²) in [6.45, 7) is 1.76. The maximum absolute atomic E-state index is 12.0. The number of ether oxygens (including phenoxy) is 1. The summed E-state index contributed by atoms with van der Waals surface area (Å²) in [5, 5.41) is 0.490. The van der Waals surface area contributed by atoms with E-state index in [-0.39, 0.29) is 28.7 Å². The van der Waals surface area contributed by atoms with Gasteiger partial charge in [-0.05, 0) is 12.1 Å². The normalized spacial score (nSPS) is 27.2. The number of hydrogen-bond donors (Lipinski definition) is 0. The van der Waals surface area contributed by atoms with Gasteiger partial charge in [0.1, 0.15) is 5.75 Å². The number of sulfone groups is 1. The molecular weight excluding hydrogens is 336 g/mol. The van der Waals surface area contributed by atoms with Crippen LogP contribution >= 0.6 is 11.8 Å². The van der Waals surface area contributed by atoms with E-state index in [9.17, 15) is 13.2 Å². The third-order valence-corrected chi connectivity index (χ3v) is 7.13. The van der Waals surface area contributed by atoms with E-state index in [0.717, 1.165) is 5.69 Å². The maximum atomic E-state index is 12.0. The van der Waals surface area contributed by atoms with Gasteiger partial charge in [-0.15, -0.1) is 0 Å². The fourth-order valence-corrected chi connectivity index (χ4v) is 6.74. The van der Waals surface area contributed by atoms with E-state index in [1.807, 2.05) is 29.2 Å². The quantitative estimate of drug-likeness (QED) is 0.822. The summed E-state index contributed by atoms with van der Waals surface area (Å²) in [6.07, 6.45) is 0.323. The number of nitrogens with zero attached hydrogens (tertiary/aromatic N) is 2. The number of methoxy groups -OCH3 is 1. The number of aliphatic imine (C=N–C) groups is 1. The average Bonchev–Trinajstić information content (AvgIpc) is 2.97. The molecule has 0 saturated carbocycles. The van der Waals surface area contributed by atoms with Crippen LogP contribution in [0.25, 0.3) is 0 Å². The maximum Gasteiger partial charge on any atom is 0.247 e. The Morgan fingerprint density at radius 1 is 1.43 bits per heavy atom. The van der Waals surface area contributed by atoms with Crippen LogP contribution in [0.3, 0.4) is 0 Å². The Labute approximate surface area is 139 Å². The fraction of sp³-hybridized carbons (Fsp3) is 0.467. The zero-order chi connectivity index (χ0) is 16.6. The van der Waals surface area contributed by atoms with Gasteiger partial charge in [-0.25, -0.2) is 8.42 Å². The second-order valence-corrected chi connectivity index (χ2v) is 8.87. The molecule has 0 unspecified atom stereocenters. The fourth-order valence-electron chi connectivity index (χ4n) is 2.81.